The summed E-state index contributed by atoms with van der Waals surface area (Å²) in [6.45, 7) is 10.3. The first-order valence-corrected chi connectivity index (χ1v) is 18.1. The number of hydrogen-bond donors (Lipinski definition) is 1. The molecule has 0 aromatic heterocycles. The van der Waals surface area contributed by atoms with Gasteiger partial charge in [-0.25, -0.2) is 17.9 Å². The number of sulfonamides is 1. The third kappa shape index (κ3) is 9.60. The number of hydrogen-bond acceptors (Lipinski definition) is 7. The molecule has 2 aliphatic rings. The Balaban J connectivity index is 0.954. The fourth-order valence-corrected chi connectivity index (χ4v) is 7.17. The van der Waals surface area contributed by atoms with Crippen LogP contribution in [-0.4, -0.2) is 51.5 Å². The molecular formula is C38H46N2O7S. The van der Waals surface area contributed by atoms with Crippen LogP contribution in [0.5, 0.6) is 5.75 Å². The monoisotopic (exact) mass is 674 g/mol. The van der Waals surface area contributed by atoms with Crippen molar-refractivity contribution in [2.24, 2.45) is 0 Å². The lowest BCUT2D eigenvalue weighted by atomic mass is 9.96. The van der Waals surface area contributed by atoms with E-state index in [1.807, 2.05) is 76.2 Å². The molecule has 0 saturated carbocycles. The molecule has 1 N–H and O–H groups in total. The van der Waals surface area contributed by atoms with Gasteiger partial charge in [-0.2, -0.15) is 0 Å². The second-order valence-corrected chi connectivity index (χ2v) is 14.9. The summed E-state index contributed by atoms with van der Waals surface area (Å²) in [5.41, 5.74) is 2.67. The van der Waals surface area contributed by atoms with Crippen molar-refractivity contribution >= 4 is 16.1 Å². The van der Waals surface area contributed by atoms with Crippen molar-refractivity contribution in [1.29, 1.82) is 0 Å². The third-order valence-electron chi connectivity index (χ3n) is 8.37. The maximum atomic E-state index is 13.1. The third-order valence-corrected chi connectivity index (χ3v) is 10.0. The summed E-state index contributed by atoms with van der Waals surface area (Å²) in [6.07, 6.45) is 3.84. The van der Waals surface area contributed by atoms with E-state index in [1.54, 1.807) is 29.2 Å². The average molecular weight is 675 g/mol. The Morgan fingerprint density at radius 3 is 2.58 bits per heavy atom. The van der Waals surface area contributed by atoms with Crippen LogP contribution in [0, 0.1) is 11.8 Å². The molecule has 0 bridgehead atoms. The van der Waals surface area contributed by atoms with Crippen molar-refractivity contribution in [3.63, 3.8) is 0 Å². The molecule has 2 heterocycles. The lowest BCUT2D eigenvalue weighted by Gasteiger charge is -2.32. The minimum Gasteiger partial charge on any atom is -0.463 e. The van der Waals surface area contributed by atoms with Gasteiger partial charge in [0, 0.05) is 44.5 Å². The second-order valence-electron chi connectivity index (χ2n) is 13.2. The topological polar surface area (TPSA) is 103 Å². The number of amides is 1. The molecule has 3 aromatic carbocycles. The molecule has 0 spiro atoms. The average Bonchev–Trinajstić information content (AvgIpc) is 3.43. The number of fused-ring (bicyclic) bond motifs is 1. The normalized spacial score (nSPS) is 17.2. The minimum atomic E-state index is -3.74. The van der Waals surface area contributed by atoms with Gasteiger partial charge in [-0.15, -0.1) is 0 Å². The summed E-state index contributed by atoms with van der Waals surface area (Å²) in [7, 11) is -3.74. The van der Waals surface area contributed by atoms with E-state index in [2.05, 4.69) is 16.6 Å². The highest BCUT2D eigenvalue weighted by molar-refractivity contribution is 7.89. The van der Waals surface area contributed by atoms with E-state index in [0.29, 0.717) is 44.9 Å². The van der Waals surface area contributed by atoms with Crippen LogP contribution >= 0.6 is 0 Å². The van der Waals surface area contributed by atoms with Gasteiger partial charge in [0.25, 0.3) is 0 Å². The molecule has 0 aliphatic carbocycles. The number of ether oxygens (including phenoxy) is 4. The predicted octanol–water partition coefficient (Wildman–Crippen LogP) is 7.06. The quantitative estimate of drug-likeness (QED) is 0.144. The largest absolute Gasteiger partial charge is 0.463 e. The lowest BCUT2D eigenvalue weighted by molar-refractivity contribution is -0.180. The number of nitrogens with one attached hydrogen (secondary N) is 1. The Morgan fingerprint density at radius 2 is 1.77 bits per heavy atom. The van der Waals surface area contributed by atoms with Crippen molar-refractivity contribution in [2.75, 3.05) is 26.3 Å². The number of cyclic esters (lactones) is 1. The molecule has 1 fully saturated rings. The van der Waals surface area contributed by atoms with Gasteiger partial charge in [-0.05, 0) is 68.1 Å². The van der Waals surface area contributed by atoms with Gasteiger partial charge < -0.3 is 23.8 Å². The molecule has 0 unspecified atom stereocenters. The van der Waals surface area contributed by atoms with Crippen molar-refractivity contribution < 1.29 is 32.2 Å². The van der Waals surface area contributed by atoms with Gasteiger partial charge in [0.05, 0.1) is 30.2 Å². The number of rotatable bonds is 14. The highest BCUT2D eigenvalue weighted by Crippen LogP contribution is 2.35. The SMILES string of the molecule is CC1(C)OCc2cc([C@@H]3CN(CCCCCCOCCC#Cc4cccc(S(=O)(=O)NC(C)(C)c5ccccc5)c4)C(=O)O3)ccc2O1. The van der Waals surface area contributed by atoms with Gasteiger partial charge in [0.2, 0.25) is 15.8 Å². The van der Waals surface area contributed by atoms with Crippen molar-refractivity contribution in [3.05, 3.63) is 95.1 Å². The molecule has 1 saturated heterocycles. The minimum absolute atomic E-state index is 0.181. The summed E-state index contributed by atoms with van der Waals surface area (Å²) < 4.78 is 52.1. The lowest BCUT2D eigenvalue weighted by Crippen LogP contribution is -2.40. The van der Waals surface area contributed by atoms with Gasteiger partial charge in [0.1, 0.15) is 11.9 Å². The molecule has 1 atom stereocenters. The number of carbonyl (C=O) groups excluding carboxylic acids is 1. The van der Waals surface area contributed by atoms with E-state index in [-0.39, 0.29) is 17.1 Å². The second kappa shape index (κ2) is 15.6. The van der Waals surface area contributed by atoms with Crippen molar-refractivity contribution in [2.45, 2.75) is 88.7 Å². The maximum absolute atomic E-state index is 13.1. The number of unbranched alkanes of at least 4 members (excludes halogenated alkanes) is 3. The Hall–Kier alpha value is -3.88. The highest BCUT2D eigenvalue weighted by Gasteiger charge is 2.34. The Labute approximate surface area is 285 Å². The van der Waals surface area contributed by atoms with Gasteiger partial charge >= 0.3 is 6.09 Å². The Morgan fingerprint density at radius 1 is 0.979 bits per heavy atom. The van der Waals surface area contributed by atoms with Crippen LogP contribution in [0.3, 0.4) is 0 Å². The molecular weight excluding hydrogens is 628 g/mol. The molecule has 10 heteroatoms. The van der Waals surface area contributed by atoms with Crippen LogP contribution < -0.4 is 9.46 Å². The first-order chi connectivity index (χ1) is 22.9. The molecule has 256 valence electrons. The van der Waals surface area contributed by atoms with E-state index in [0.717, 1.165) is 48.1 Å². The molecule has 48 heavy (non-hydrogen) atoms. The summed E-state index contributed by atoms with van der Waals surface area (Å²) in [4.78, 5) is 14.4. The molecule has 5 rings (SSSR count). The Bertz CT molecular complexity index is 1730. The zero-order valence-corrected chi connectivity index (χ0v) is 29.1. The van der Waals surface area contributed by atoms with Crippen LogP contribution in [0.15, 0.2) is 77.7 Å². The summed E-state index contributed by atoms with van der Waals surface area (Å²) >= 11 is 0. The standard InChI is InChI=1S/C38H46N2O7S/c1-37(2,32-17-8-7-9-18-32)39-48(42,43)33-19-14-16-29(25-33)15-10-13-24-44-23-12-6-5-11-22-40-27-35(46-36(40)41)30-20-21-34-31(26-30)28-45-38(3,4)47-34/h7-9,14,16-21,25-26,35,39H,5-6,11-13,22-24,27-28H2,1-4H3/t35-/m0/s1. The van der Waals surface area contributed by atoms with Crippen LogP contribution in [0.25, 0.3) is 0 Å². The summed E-state index contributed by atoms with van der Waals surface area (Å²) in [6, 6.07) is 22.1. The number of benzene rings is 3. The number of carbonyl (C=O) groups is 1. The summed E-state index contributed by atoms with van der Waals surface area (Å²) in [5, 5.41) is 0. The van der Waals surface area contributed by atoms with Gasteiger partial charge in [0.15, 0.2) is 0 Å². The maximum Gasteiger partial charge on any atom is 0.410 e. The van der Waals surface area contributed by atoms with E-state index >= 15 is 0 Å². The van der Waals surface area contributed by atoms with Crippen molar-refractivity contribution in [3.8, 4) is 17.6 Å². The summed E-state index contributed by atoms with van der Waals surface area (Å²) in [5.74, 6) is 6.30. The van der Waals surface area contributed by atoms with E-state index < -0.39 is 21.3 Å². The van der Waals surface area contributed by atoms with Crippen LogP contribution in [-0.2, 0) is 36.4 Å². The van der Waals surface area contributed by atoms with Crippen molar-refractivity contribution in [1.82, 2.24) is 9.62 Å². The molecule has 2 aliphatic heterocycles. The fourth-order valence-electron chi connectivity index (χ4n) is 5.72. The van der Waals surface area contributed by atoms with Gasteiger partial charge in [-0.1, -0.05) is 67.1 Å². The Kier molecular flexibility index (Phi) is 11.5. The zero-order valence-electron chi connectivity index (χ0n) is 28.3. The van der Waals surface area contributed by atoms with Gasteiger partial charge in [-0.3, -0.25) is 0 Å². The molecule has 3 aromatic rings. The number of nitrogens with zero attached hydrogens (tertiary/aromatic N) is 1. The smallest absolute Gasteiger partial charge is 0.410 e. The van der Waals surface area contributed by atoms with E-state index in [4.69, 9.17) is 18.9 Å². The van der Waals surface area contributed by atoms with Crippen LogP contribution in [0.1, 0.15) is 88.2 Å². The molecule has 1 amide bonds. The van der Waals surface area contributed by atoms with Crippen LogP contribution in [0.4, 0.5) is 4.79 Å². The first kappa shape index (κ1) is 35.4. The predicted molar refractivity (Wildman–Crippen MR) is 184 cm³/mol. The first-order valence-electron chi connectivity index (χ1n) is 16.6. The fraction of sp³-hybridized carbons (Fsp3) is 0.447. The zero-order chi connectivity index (χ0) is 34.2. The van der Waals surface area contributed by atoms with E-state index in [1.165, 1.54) is 0 Å². The highest BCUT2D eigenvalue weighted by atomic mass is 32.2. The van der Waals surface area contributed by atoms with E-state index in [9.17, 15) is 13.2 Å². The van der Waals surface area contributed by atoms with Crippen LogP contribution in [0.2, 0.25) is 0 Å². The molecule has 9 nitrogen and oxygen atoms in total. The molecule has 0 radical (unpaired) electrons.